The first-order valence-corrected chi connectivity index (χ1v) is 9.91. The van der Waals surface area contributed by atoms with Gasteiger partial charge in [0.1, 0.15) is 5.41 Å². The van der Waals surface area contributed by atoms with E-state index < -0.39 is 11.4 Å². The van der Waals surface area contributed by atoms with Gasteiger partial charge in [-0.1, -0.05) is 0 Å². The van der Waals surface area contributed by atoms with Crippen LogP contribution in [0.25, 0.3) is 0 Å². The van der Waals surface area contributed by atoms with Crippen molar-refractivity contribution in [2.24, 2.45) is 12.5 Å². The van der Waals surface area contributed by atoms with Gasteiger partial charge in [0, 0.05) is 44.0 Å². The number of aliphatic carboxylic acids is 1. The van der Waals surface area contributed by atoms with Crippen LogP contribution in [0.15, 0.2) is 18.3 Å². The van der Waals surface area contributed by atoms with Crippen molar-refractivity contribution in [3.8, 4) is 0 Å². The van der Waals surface area contributed by atoms with Gasteiger partial charge in [0.15, 0.2) is 5.82 Å². The van der Waals surface area contributed by atoms with Crippen molar-refractivity contribution in [3.63, 3.8) is 0 Å². The highest BCUT2D eigenvalue weighted by atomic mass is 16.4. The number of anilines is 1. The van der Waals surface area contributed by atoms with E-state index >= 15 is 0 Å². The van der Waals surface area contributed by atoms with Crippen LogP contribution in [-0.2, 0) is 18.4 Å². The molecule has 0 amide bonds. The van der Waals surface area contributed by atoms with Crippen LogP contribution < -0.4 is 4.90 Å². The lowest BCUT2D eigenvalue weighted by Crippen LogP contribution is -2.64. The quantitative estimate of drug-likeness (QED) is 0.859. The average Bonchev–Trinajstić information content (AvgIpc) is 3.00. The number of nitrogens with zero attached hydrogens (tertiary/aromatic N) is 6. The number of aryl methyl sites for hydroxylation is 2. The fraction of sp³-hybridized carbons (Fsp3) is 0.600. The predicted octanol–water partition coefficient (Wildman–Crippen LogP) is 1.77. The standard InChI is InChI=1S/C20H28N6O2/c1-14-5-6-18(23-22-14)26-10-7-17-20(13-26,19(27)28)8-4-9-25(17)12-16-11-21-24(3)15(16)2/h5-6,11,17H,4,7-10,12-13H2,1-3H3,(H,27,28)/t17-,20+/m1/s1. The molecule has 2 aliphatic heterocycles. The van der Waals surface area contributed by atoms with Crippen LogP contribution in [0.5, 0.6) is 0 Å². The second-order valence-electron chi connectivity index (χ2n) is 8.17. The fourth-order valence-corrected chi connectivity index (χ4v) is 4.79. The molecule has 8 heteroatoms. The minimum Gasteiger partial charge on any atom is -0.481 e. The van der Waals surface area contributed by atoms with Crippen LogP contribution in [-0.4, -0.2) is 61.6 Å². The second-order valence-corrected chi connectivity index (χ2v) is 8.17. The molecule has 2 aromatic heterocycles. The summed E-state index contributed by atoms with van der Waals surface area (Å²) < 4.78 is 1.88. The number of hydrogen-bond acceptors (Lipinski definition) is 6. The Hall–Kier alpha value is -2.48. The lowest BCUT2D eigenvalue weighted by atomic mass is 9.69. The Balaban J connectivity index is 1.60. The number of hydrogen-bond donors (Lipinski definition) is 1. The van der Waals surface area contributed by atoms with E-state index in [9.17, 15) is 9.90 Å². The van der Waals surface area contributed by atoms with Crippen molar-refractivity contribution in [2.75, 3.05) is 24.5 Å². The maximum atomic E-state index is 12.5. The molecule has 2 atom stereocenters. The number of likely N-dealkylation sites (tertiary alicyclic amines) is 1. The number of aromatic nitrogens is 4. The van der Waals surface area contributed by atoms with Gasteiger partial charge in [0.05, 0.1) is 11.9 Å². The third-order valence-electron chi connectivity index (χ3n) is 6.54. The monoisotopic (exact) mass is 384 g/mol. The molecule has 0 unspecified atom stereocenters. The molecule has 150 valence electrons. The minimum atomic E-state index is -0.779. The number of carboxylic acid groups (broad SMARTS) is 1. The van der Waals surface area contributed by atoms with E-state index in [4.69, 9.17) is 0 Å². The molecule has 0 saturated carbocycles. The molecule has 0 bridgehead atoms. The van der Waals surface area contributed by atoms with Gasteiger partial charge in [-0.15, -0.1) is 5.10 Å². The van der Waals surface area contributed by atoms with Crippen molar-refractivity contribution in [3.05, 3.63) is 35.3 Å². The summed E-state index contributed by atoms with van der Waals surface area (Å²) in [6, 6.07) is 3.89. The first kappa shape index (κ1) is 18.9. The van der Waals surface area contributed by atoms with E-state index in [0.29, 0.717) is 13.0 Å². The lowest BCUT2D eigenvalue weighted by Gasteiger charge is -2.53. The molecule has 4 heterocycles. The van der Waals surface area contributed by atoms with Crippen LogP contribution in [0, 0.1) is 19.3 Å². The smallest absolute Gasteiger partial charge is 0.313 e. The van der Waals surface area contributed by atoms with Gasteiger partial charge in [0.25, 0.3) is 0 Å². The molecule has 4 rings (SSSR count). The zero-order valence-corrected chi connectivity index (χ0v) is 16.8. The Morgan fingerprint density at radius 3 is 2.75 bits per heavy atom. The topological polar surface area (TPSA) is 87.4 Å². The molecule has 8 nitrogen and oxygen atoms in total. The van der Waals surface area contributed by atoms with Crippen molar-refractivity contribution in [1.29, 1.82) is 0 Å². The molecule has 2 aliphatic rings. The Morgan fingerprint density at radius 2 is 2.11 bits per heavy atom. The summed E-state index contributed by atoms with van der Waals surface area (Å²) >= 11 is 0. The summed E-state index contributed by atoms with van der Waals surface area (Å²) in [7, 11) is 1.94. The van der Waals surface area contributed by atoms with Gasteiger partial charge in [-0.25, -0.2) is 0 Å². The molecular weight excluding hydrogens is 356 g/mol. The Kier molecular flexibility index (Phi) is 4.82. The predicted molar refractivity (Wildman–Crippen MR) is 105 cm³/mol. The third-order valence-corrected chi connectivity index (χ3v) is 6.54. The molecule has 1 N–H and O–H groups in total. The van der Waals surface area contributed by atoms with Crippen LogP contribution in [0.1, 0.15) is 36.2 Å². The highest BCUT2D eigenvalue weighted by molar-refractivity contribution is 5.77. The van der Waals surface area contributed by atoms with E-state index in [0.717, 1.165) is 49.7 Å². The Bertz CT molecular complexity index is 864. The van der Waals surface area contributed by atoms with Gasteiger partial charge >= 0.3 is 5.97 Å². The largest absolute Gasteiger partial charge is 0.481 e. The molecule has 2 fully saturated rings. The van der Waals surface area contributed by atoms with Crippen LogP contribution in [0.3, 0.4) is 0 Å². The molecular formula is C20H28N6O2. The summed E-state index contributed by atoms with van der Waals surface area (Å²) in [6.45, 7) is 6.92. The molecule has 0 spiro atoms. The van der Waals surface area contributed by atoms with E-state index in [2.05, 4.69) is 32.0 Å². The molecule has 28 heavy (non-hydrogen) atoms. The highest BCUT2D eigenvalue weighted by Crippen LogP contribution is 2.43. The molecule has 0 aromatic carbocycles. The van der Waals surface area contributed by atoms with Gasteiger partial charge in [-0.2, -0.15) is 10.2 Å². The first-order valence-electron chi connectivity index (χ1n) is 9.91. The first-order chi connectivity index (χ1) is 13.4. The van der Waals surface area contributed by atoms with Crippen molar-refractivity contribution < 1.29 is 9.90 Å². The van der Waals surface area contributed by atoms with E-state index in [1.807, 2.05) is 37.0 Å². The normalized spacial score (nSPS) is 25.5. The van der Waals surface area contributed by atoms with E-state index in [-0.39, 0.29) is 6.04 Å². The fourth-order valence-electron chi connectivity index (χ4n) is 4.79. The van der Waals surface area contributed by atoms with Crippen molar-refractivity contribution in [2.45, 2.75) is 45.7 Å². The highest BCUT2D eigenvalue weighted by Gasteiger charge is 2.53. The van der Waals surface area contributed by atoms with Crippen LogP contribution >= 0.6 is 0 Å². The Morgan fingerprint density at radius 1 is 1.29 bits per heavy atom. The van der Waals surface area contributed by atoms with Gasteiger partial charge < -0.3 is 10.0 Å². The summed E-state index contributed by atoms with van der Waals surface area (Å²) in [5.74, 6) is 0.0692. The lowest BCUT2D eigenvalue weighted by molar-refractivity contribution is -0.158. The SMILES string of the molecule is Cc1ccc(N2CC[C@H]3N(Cc4cnn(C)c4C)CCC[C@]3(C(=O)O)C2)nn1. The number of fused-ring (bicyclic) bond motifs is 1. The number of carboxylic acids is 1. The molecule has 2 aromatic rings. The zero-order valence-electron chi connectivity index (χ0n) is 16.8. The average molecular weight is 384 g/mol. The van der Waals surface area contributed by atoms with Gasteiger partial charge in [-0.05, 0) is 51.8 Å². The number of carbonyl (C=O) groups is 1. The second kappa shape index (κ2) is 7.16. The molecule has 0 radical (unpaired) electrons. The third kappa shape index (κ3) is 3.15. The summed E-state index contributed by atoms with van der Waals surface area (Å²) in [4.78, 5) is 17.0. The van der Waals surface area contributed by atoms with Crippen LogP contribution in [0.4, 0.5) is 5.82 Å². The van der Waals surface area contributed by atoms with Crippen LogP contribution in [0.2, 0.25) is 0 Å². The van der Waals surface area contributed by atoms with Gasteiger partial charge in [-0.3, -0.25) is 14.4 Å². The number of rotatable bonds is 4. The Labute approximate surface area is 165 Å². The maximum absolute atomic E-state index is 12.5. The summed E-state index contributed by atoms with van der Waals surface area (Å²) in [5.41, 5.74) is 2.40. The van der Waals surface area contributed by atoms with Crippen molar-refractivity contribution >= 4 is 11.8 Å². The minimum absolute atomic E-state index is 0.0213. The zero-order chi connectivity index (χ0) is 19.9. The molecule has 0 aliphatic carbocycles. The summed E-state index contributed by atoms with van der Waals surface area (Å²) in [5, 5.41) is 23.1. The molecule has 2 saturated heterocycles. The van der Waals surface area contributed by atoms with E-state index in [1.165, 1.54) is 5.56 Å². The van der Waals surface area contributed by atoms with E-state index in [1.54, 1.807) is 0 Å². The van der Waals surface area contributed by atoms with Gasteiger partial charge in [0.2, 0.25) is 0 Å². The maximum Gasteiger partial charge on any atom is 0.313 e. The summed E-state index contributed by atoms with van der Waals surface area (Å²) in [6.07, 6.45) is 4.30. The number of piperidine rings is 2. The van der Waals surface area contributed by atoms with Crippen molar-refractivity contribution in [1.82, 2.24) is 24.9 Å².